The van der Waals surface area contributed by atoms with E-state index in [0.717, 1.165) is 30.7 Å². The molecule has 2 amide bonds. The van der Waals surface area contributed by atoms with Crippen molar-refractivity contribution in [3.8, 4) is 0 Å². The molecule has 3 heterocycles. The average Bonchev–Trinajstić information content (AvgIpc) is 3.25. The summed E-state index contributed by atoms with van der Waals surface area (Å²) in [4.78, 5) is 29.1. The number of rotatable bonds is 2. The van der Waals surface area contributed by atoms with Gasteiger partial charge in [-0.25, -0.2) is 0 Å². The normalized spacial score (nSPS) is 26.7. The number of nitrogens with zero attached hydrogens (tertiary/aromatic N) is 2. The number of hydrogen-bond donors (Lipinski definition) is 0. The van der Waals surface area contributed by atoms with E-state index in [1.54, 1.807) is 16.8 Å². The van der Waals surface area contributed by atoms with Crippen LogP contribution in [-0.2, 0) is 14.3 Å². The number of carbonyl (C=O) groups excluding carboxylic acids is 2. The third-order valence-electron chi connectivity index (χ3n) is 4.54. The Morgan fingerprint density at radius 1 is 1.29 bits per heavy atom. The van der Waals surface area contributed by atoms with Gasteiger partial charge in [-0.1, -0.05) is 42.2 Å². The fraction of sp³-hybridized carbons (Fsp3) is 0.353. The van der Waals surface area contributed by atoms with Crippen molar-refractivity contribution in [2.45, 2.75) is 18.9 Å². The van der Waals surface area contributed by atoms with E-state index in [1.165, 1.54) is 11.8 Å². The van der Waals surface area contributed by atoms with E-state index in [-0.39, 0.29) is 17.9 Å². The molecule has 2 fully saturated rings. The van der Waals surface area contributed by atoms with Crippen LogP contribution in [0.1, 0.15) is 18.4 Å². The van der Waals surface area contributed by atoms with Crippen LogP contribution in [0.4, 0.5) is 5.69 Å². The number of likely N-dealkylation sites (N-methyl/N-ethyl adjacent to an activating group) is 1. The maximum absolute atomic E-state index is 12.9. The van der Waals surface area contributed by atoms with Crippen molar-refractivity contribution in [3.63, 3.8) is 0 Å². The van der Waals surface area contributed by atoms with E-state index in [0.29, 0.717) is 21.3 Å². The standard InChI is InChI=1S/C17H16N2O3S2/c1-18-12-7-3-2-6-11(12)13(15(18)20)14-16(21)19(17(23)24-14)9-10-5-4-8-22-10/h2-3,6-7,10H,4-5,8-9H2,1H3/b14-13-/t10-/m1/s1. The number of thioether (sulfide) groups is 1. The molecule has 0 N–H and O–H groups in total. The van der Waals surface area contributed by atoms with E-state index in [9.17, 15) is 9.59 Å². The van der Waals surface area contributed by atoms with Gasteiger partial charge in [-0.2, -0.15) is 0 Å². The predicted molar refractivity (Wildman–Crippen MR) is 97.6 cm³/mol. The molecule has 3 aliphatic heterocycles. The Hall–Kier alpha value is -1.70. The number of fused-ring (bicyclic) bond motifs is 1. The maximum atomic E-state index is 12.9. The molecule has 0 aromatic heterocycles. The van der Waals surface area contributed by atoms with Crippen LogP contribution in [0.3, 0.4) is 0 Å². The maximum Gasteiger partial charge on any atom is 0.267 e. The molecule has 1 atom stereocenters. The summed E-state index contributed by atoms with van der Waals surface area (Å²) < 4.78 is 6.11. The van der Waals surface area contributed by atoms with E-state index >= 15 is 0 Å². The van der Waals surface area contributed by atoms with Crippen LogP contribution in [0, 0.1) is 0 Å². The molecule has 7 heteroatoms. The van der Waals surface area contributed by atoms with Crippen molar-refractivity contribution >= 4 is 51.4 Å². The second-order valence-corrected chi connectivity index (χ2v) is 7.65. The van der Waals surface area contributed by atoms with Gasteiger partial charge in [-0.05, 0) is 18.9 Å². The number of anilines is 1. The Morgan fingerprint density at radius 2 is 2.08 bits per heavy atom. The molecular formula is C17H16N2O3S2. The van der Waals surface area contributed by atoms with Crippen LogP contribution in [-0.4, -0.2) is 47.3 Å². The summed E-state index contributed by atoms with van der Waals surface area (Å²) in [7, 11) is 1.72. The van der Waals surface area contributed by atoms with E-state index in [4.69, 9.17) is 17.0 Å². The summed E-state index contributed by atoms with van der Waals surface area (Å²) in [5.74, 6) is -0.345. The SMILES string of the molecule is CN1C(=O)/C(=C2\SC(=S)N(C[C@H]3CCCO3)C2=O)c2ccccc21. The topological polar surface area (TPSA) is 49.9 Å². The Labute approximate surface area is 149 Å². The van der Waals surface area contributed by atoms with Crippen molar-refractivity contribution in [3.05, 3.63) is 34.7 Å². The van der Waals surface area contributed by atoms with E-state index in [2.05, 4.69) is 0 Å². The molecule has 5 nitrogen and oxygen atoms in total. The average molecular weight is 360 g/mol. The Balaban J connectivity index is 1.71. The van der Waals surface area contributed by atoms with E-state index in [1.807, 2.05) is 24.3 Å². The monoisotopic (exact) mass is 360 g/mol. The molecule has 4 rings (SSSR count). The number of para-hydroxylation sites is 1. The Bertz CT molecular complexity index is 784. The minimum Gasteiger partial charge on any atom is -0.376 e. The number of thiocarbonyl (C=S) groups is 1. The lowest BCUT2D eigenvalue weighted by molar-refractivity contribution is -0.123. The summed E-state index contributed by atoms with van der Waals surface area (Å²) in [5.41, 5.74) is 2.07. The molecule has 1 aromatic rings. The van der Waals surface area contributed by atoms with Gasteiger partial charge in [0.05, 0.1) is 28.8 Å². The number of benzene rings is 1. The highest BCUT2D eigenvalue weighted by atomic mass is 32.2. The largest absolute Gasteiger partial charge is 0.376 e. The van der Waals surface area contributed by atoms with Crippen LogP contribution < -0.4 is 4.90 Å². The lowest BCUT2D eigenvalue weighted by Gasteiger charge is -2.18. The van der Waals surface area contributed by atoms with Crippen molar-refractivity contribution in [2.75, 3.05) is 25.1 Å². The first-order valence-electron chi connectivity index (χ1n) is 7.85. The molecule has 2 saturated heterocycles. The first-order chi connectivity index (χ1) is 11.6. The first-order valence-corrected chi connectivity index (χ1v) is 9.07. The third kappa shape index (κ3) is 2.39. The van der Waals surface area contributed by atoms with Crippen molar-refractivity contribution in [1.29, 1.82) is 0 Å². The van der Waals surface area contributed by atoms with Gasteiger partial charge in [0, 0.05) is 19.2 Å². The predicted octanol–water partition coefficient (Wildman–Crippen LogP) is 2.41. The quantitative estimate of drug-likeness (QED) is 0.599. The number of carbonyl (C=O) groups is 2. The zero-order valence-corrected chi connectivity index (χ0v) is 14.8. The van der Waals surface area contributed by atoms with Gasteiger partial charge >= 0.3 is 0 Å². The second-order valence-electron chi connectivity index (χ2n) is 6.00. The van der Waals surface area contributed by atoms with Gasteiger partial charge < -0.3 is 9.64 Å². The van der Waals surface area contributed by atoms with Crippen LogP contribution in [0.25, 0.3) is 5.57 Å². The summed E-state index contributed by atoms with van der Waals surface area (Å²) >= 11 is 6.60. The third-order valence-corrected chi connectivity index (χ3v) is 5.99. The summed E-state index contributed by atoms with van der Waals surface area (Å²) in [6.07, 6.45) is 1.98. The van der Waals surface area contributed by atoms with Crippen molar-refractivity contribution in [2.24, 2.45) is 0 Å². The molecule has 0 aliphatic carbocycles. The molecule has 0 spiro atoms. The summed E-state index contributed by atoms with van der Waals surface area (Å²) in [6, 6.07) is 7.51. The Morgan fingerprint density at radius 3 is 2.83 bits per heavy atom. The zero-order valence-electron chi connectivity index (χ0n) is 13.2. The van der Waals surface area contributed by atoms with Crippen LogP contribution in [0.2, 0.25) is 0 Å². The molecule has 1 aromatic carbocycles. The lowest BCUT2D eigenvalue weighted by atomic mass is 10.1. The van der Waals surface area contributed by atoms with Crippen LogP contribution in [0.5, 0.6) is 0 Å². The van der Waals surface area contributed by atoms with Gasteiger partial charge in [0.2, 0.25) is 0 Å². The highest BCUT2D eigenvalue weighted by Crippen LogP contribution is 2.44. The Kier molecular flexibility index (Phi) is 3.94. The fourth-order valence-electron chi connectivity index (χ4n) is 3.29. The van der Waals surface area contributed by atoms with Gasteiger partial charge in [-0.3, -0.25) is 14.5 Å². The second kappa shape index (κ2) is 5.98. The zero-order chi connectivity index (χ0) is 16.8. The summed E-state index contributed by atoms with van der Waals surface area (Å²) in [6.45, 7) is 1.20. The van der Waals surface area contributed by atoms with Crippen LogP contribution in [0.15, 0.2) is 29.2 Å². The molecule has 0 radical (unpaired) electrons. The molecule has 0 bridgehead atoms. The highest BCUT2D eigenvalue weighted by molar-refractivity contribution is 8.26. The molecule has 24 heavy (non-hydrogen) atoms. The number of ether oxygens (including phenoxy) is 1. The minimum absolute atomic E-state index is 0.0334. The van der Waals surface area contributed by atoms with Crippen LogP contribution >= 0.6 is 24.0 Å². The van der Waals surface area contributed by atoms with Gasteiger partial charge in [0.15, 0.2) is 0 Å². The van der Waals surface area contributed by atoms with Gasteiger partial charge in [0.25, 0.3) is 11.8 Å². The van der Waals surface area contributed by atoms with Crippen molar-refractivity contribution < 1.29 is 14.3 Å². The fourth-order valence-corrected chi connectivity index (χ4v) is 4.63. The molecular weight excluding hydrogens is 344 g/mol. The van der Waals surface area contributed by atoms with E-state index < -0.39 is 0 Å². The first kappa shape index (κ1) is 15.8. The minimum atomic E-state index is -0.186. The molecule has 3 aliphatic rings. The van der Waals surface area contributed by atoms with Gasteiger partial charge in [-0.15, -0.1) is 0 Å². The lowest BCUT2D eigenvalue weighted by Crippen LogP contribution is -2.35. The number of hydrogen-bond acceptors (Lipinski definition) is 5. The van der Waals surface area contributed by atoms with Gasteiger partial charge in [0.1, 0.15) is 4.32 Å². The molecule has 0 saturated carbocycles. The smallest absolute Gasteiger partial charge is 0.267 e. The van der Waals surface area contributed by atoms with Crippen molar-refractivity contribution in [1.82, 2.24) is 4.90 Å². The summed E-state index contributed by atoms with van der Waals surface area (Å²) in [5, 5.41) is 0. The number of amides is 2. The molecule has 124 valence electrons. The molecule has 0 unspecified atom stereocenters. The highest BCUT2D eigenvalue weighted by Gasteiger charge is 2.41.